The fourth-order valence-corrected chi connectivity index (χ4v) is 3.66. The molecular weight excluding hydrogens is 320 g/mol. The first-order valence-corrected chi connectivity index (χ1v) is 8.36. The highest BCUT2D eigenvalue weighted by Gasteiger charge is 2.62. The summed E-state index contributed by atoms with van der Waals surface area (Å²) in [6, 6.07) is 1.57. The van der Waals surface area contributed by atoms with Crippen molar-refractivity contribution in [2.45, 2.75) is 33.7 Å². The molecular formula is C18H22N4O3. The number of nitrogens with zero attached hydrogens (tertiary/aromatic N) is 3. The molecule has 1 aromatic heterocycles. The maximum absolute atomic E-state index is 12.7. The van der Waals surface area contributed by atoms with Crippen LogP contribution in [-0.2, 0) is 4.79 Å². The zero-order valence-electron chi connectivity index (χ0n) is 14.9. The van der Waals surface area contributed by atoms with Crippen molar-refractivity contribution in [2.24, 2.45) is 17.3 Å². The molecule has 7 heteroatoms. The third-order valence-electron chi connectivity index (χ3n) is 5.35. The van der Waals surface area contributed by atoms with Crippen molar-refractivity contribution in [1.29, 1.82) is 5.26 Å². The Morgan fingerprint density at radius 3 is 2.56 bits per heavy atom. The van der Waals surface area contributed by atoms with Crippen molar-refractivity contribution in [2.75, 3.05) is 13.1 Å². The van der Waals surface area contributed by atoms with Gasteiger partial charge in [-0.15, -0.1) is 0 Å². The lowest BCUT2D eigenvalue weighted by molar-refractivity contribution is -0.139. The van der Waals surface area contributed by atoms with Gasteiger partial charge < -0.3 is 4.90 Å². The number of H-pyrrole nitrogens is 1. The average molecular weight is 342 g/mol. The number of amides is 1. The molecule has 25 heavy (non-hydrogen) atoms. The van der Waals surface area contributed by atoms with Crippen LogP contribution in [0.1, 0.15) is 39.3 Å². The van der Waals surface area contributed by atoms with Crippen LogP contribution < -0.4 is 11.2 Å². The topological polar surface area (TPSA) is 99.0 Å². The number of rotatable bonds is 3. The van der Waals surface area contributed by atoms with Crippen LogP contribution >= 0.6 is 0 Å². The molecule has 1 aliphatic carbocycles. The molecule has 0 aromatic carbocycles. The van der Waals surface area contributed by atoms with Crippen LogP contribution in [0.4, 0.5) is 0 Å². The lowest BCUT2D eigenvalue weighted by Gasteiger charge is -2.40. The number of hydrogen-bond donors (Lipinski definition) is 1. The molecule has 0 spiro atoms. The minimum Gasteiger partial charge on any atom is -0.338 e. The highest BCUT2D eigenvalue weighted by molar-refractivity contribution is 5.84. The van der Waals surface area contributed by atoms with E-state index in [2.05, 4.69) is 24.9 Å². The lowest BCUT2D eigenvalue weighted by atomic mass is 10.0. The van der Waals surface area contributed by atoms with Gasteiger partial charge in [-0.1, -0.05) is 25.5 Å². The third kappa shape index (κ3) is 2.82. The number of carbonyl (C=O) groups excluding carboxylic acids is 1. The molecule has 2 aliphatic rings. The number of hydrogen-bond acceptors (Lipinski definition) is 4. The zero-order chi connectivity index (χ0) is 18.5. The van der Waals surface area contributed by atoms with E-state index in [-0.39, 0.29) is 34.8 Å². The predicted molar refractivity (Wildman–Crippen MR) is 91.8 cm³/mol. The summed E-state index contributed by atoms with van der Waals surface area (Å²) >= 11 is 0. The van der Waals surface area contributed by atoms with Crippen molar-refractivity contribution in [3.8, 4) is 6.07 Å². The third-order valence-corrected chi connectivity index (χ3v) is 5.35. The summed E-state index contributed by atoms with van der Waals surface area (Å²) in [6.45, 7) is 9.11. The summed E-state index contributed by atoms with van der Waals surface area (Å²) in [5.41, 5.74) is -0.159. The van der Waals surface area contributed by atoms with Gasteiger partial charge in [-0.2, -0.15) is 5.26 Å². The molecule has 2 atom stereocenters. The molecule has 3 rings (SSSR count). The van der Waals surface area contributed by atoms with Crippen molar-refractivity contribution < 1.29 is 4.79 Å². The molecule has 2 heterocycles. The fourth-order valence-electron chi connectivity index (χ4n) is 3.66. The first-order valence-electron chi connectivity index (χ1n) is 8.36. The van der Waals surface area contributed by atoms with E-state index in [0.717, 1.165) is 0 Å². The molecule has 1 amide bonds. The van der Waals surface area contributed by atoms with Crippen LogP contribution in [0.2, 0.25) is 0 Å². The Morgan fingerprint density at radius 2 is 2.00 bits per heavy atom. The Balaban J connectivity index is 1.71. The van der Waals surface area contributed by atoms with Gasteiger partial charge in [0.25, 0.3) is 5.56 Å². The van der Waals surface area contributed by atoms with E-state index >= 15 is 0 Å². The summed E-state index contributed by atoms with van der Waals surface area (Å²) in [5, 5.41) is 8.93. The second-order valence-electron chi connectivity index (χ2n) is 7.79. The Labute approximate surface area is 145 Å². The van der Waals surface area contributed by atoms with Gasteiger partial charge in [-0.3, -0.25) is 19.1 Å². The minimum absolute atomic E-state index is 0.0229. The highest BCUT2D eigenvalue weighted by Crippen LogP contribution is 2.60. The Morgan fingerprint density at radius 1 is 1.36 bits per heavy atom. The van der Waals surface area contributed by atoms with E-state index in [1.807, 2.05) is 13.8 Å². The average Bonchev–Trinajstić information content (AvgIpc) is 2.99. The first kappa shape index (κ1) is 17.2. The van der Waals surface area contributed by atoms with Gasteiger partial charge in [0.15, 0.2) is 0 Å². The number of aromatic nitrogens is 2. The van der Waals surface area contributed by atoms with Gasteiger partial charge in [0.2, 0.25) is 5.91 Å². The number of allylic oxidation sites excluding steroid dienone is 2. The van der Waals surface area contributed by atoms with E-state index in [4.69, 9.17) is 5.26 Å². The van der Waals surface area contributed by atoms with Gasteiger partial charge in [0.05, 0.1) is 12.0 Å². The van der Waals surface area contributed by atoms with Crippen molar-refractivity contribution in [1.82, 2.24) is 14.5 Å². The zero-order valence-corrected chi connectivity index (χ0v) is 14.9. The van der Waals surface area contributed by atoms with Crippen LogP contribution in [0.3, 0.4) is 0 Å². The van der Waals surface area contributed by atoms with Gasteiger partial charge >= 0.3 is 5.69 Å². The van der Waals surface area contributed by atoms with E-state index in [9.17, 15) is 14.4 Å². The second kappa shape index (κ2) is 5.73. The monoisotopic (exact) mass is 342 g/mol. The van der Waals surface area contributed by atoms with E-state index in [1.54, 1.807) is 11.0 Å². The van der Waals surface area contributed by atoms with Gasteiger partial charge in [-0.05, 0) is 25.2 Å². The molecule has 0 bridgehead atoms. The standard InChI is InChI=1S/C18H22N4O3/c1-10(2)5-13-14(18(13,3)4)16(24)21-8-12(9-21)22-7-11(6-19)15(23)20-17(22)25/h5,7,12-14H,8-9H2,1-4H3,(H,20,23,25). The van der Waals surface area contributed by atoms with Crippen molar-refractivity contribution in [3.63, 3.8) is 0 Å². The molecule has 2 fully saturated rings. The van der Waals surface area contributed by atoms with E-state index < -0.39 is 11.2 Å². The second-order valence-corrected chi connectivity index (χ2v) is 7.79. The number of nitriles is 1. The number of carbonyl (C=O) groups is 1. The fraction of sp³-hybridized carbons (Fsp3) is 0.556. The van der Waals surface area contributed by atoms with E-state index in [0.29, 0.717) is 13.1 Å². The summed E-state index contributed by atoms with van der Waals surface area (Å²) in [4.78, 5) is 40.0. The Bertz CT molecular complexity index is 905. The molecule has 1 aliphatic heterocycles. The molecule has 1 aromatic rings. The predicted octanol–water partition coefficient (Wildman–Crippen LogP) is 1.03. The van der Waals surface area contributed by atoms with Crippen molar-refractivity contribution >= 4 is 5.91 Å². The SMILES string of the molecule is CC(C)=CC1C(C(=O)N2CC(n3cc(C#N)c(=O)[nH]c3=O)C2)C1(C)C. The smallest absolute Gasteiger partial charge is 0.328 e. The number of aromatic amines is 1. The molecule has 132 valence electrons. The maximum atomic E-state index is 12.7. The quantitative estimate of drug-likeness (QED) is 0.829. The van der Waals surface area contributed by atoms with Crippen LogP contribution in [0.15, 0.2) is 27.4 Å². The Hall–Kier alpha value is -2.62. The summed E-state index contributed by atoms with van der Waals surface area (Å²) in [7, 11) is 0. The van der Waals surface area contributed by atoms with E-state index in [1.165, 1.54) is 16.3 Å². The Kier molecular flexibility index (Phi) is 3.94. The molecule has 1 saturated heterocycles. The van der Waals surface area contributed by atoms with Crippen LogP contribution in [-0.4, -0.2) is 33.4 Å². The van der Waals surface area contributed by atoms with Crippen LogP contribution in [0, 0.1) is 28.6 Å². The lowest BCUT2D eigenvalue weighted by Crippen LogP contribution is -2.54. The van der Waals surface area contributed by atoms with Gasteiger partial charge in [0, 0.05) is 19.3 Å². The maximum Gasteiger partial charge on any atom is 0.328 e. The normalized spacial score (nSPS) is 24.2. The molecule has 1 saturated carbocycles. The highest BCUT2D eigenvalue weighted by atomic mass is 16.2. The van der Waals surface area contributed by atoms with Crippen LogP contribution in [0.5, 0.6) is 0 Å². The van der Waals surface area contributed by atoms with Gasteiger partial charge in [-0.25, -0.2) is 4.79 Å². The number of likely N-dealkylation sites (tertiary alicyclic amines) is 1. The first-order chi connectivity index (χ1) is 11.7. The summed E-state index contributed by atoms with van der Waals surface area (Å²) in [6.07, 6.45) is 3.44. The largest absolute Gasteiger partial charge is 0.338 e. The van der Waals surface area contributed by atoms with Crippen LogP contribution in [0.25, 0.3) is 0 Å². The molecule has 0 radical (unpaired) electrons. The summed E-state index contributed by atoms with van der Waals surface area (Å²) < 4.78 is 1.34. The molecule has 7 nitrogen and oxygen atoms in total. The summed E-state index contributed by atoms with van der Waals surface area (Å²) in [5.74, 6) is 0.345. The minimum atomic E-state index is -0.680. The van der Waals surface area contributed by atoms with Crippen molar-refractivity contribution in [3.05, 3.63) is 44.2 Å². The molecule has 1 N–H and O–H groups in total. The molecule has 2 unspecified atom stereocenters. The number of nitrogens with one attached hydrogen (secondary N) is 1. The van der Waals surface area contributed by atoms with Gasteiger partial charge in [0.1, 0.15) is 11.6 Å².